The lowest BCUT2D eigenvalue weighted by Gasteiger charge is -2.17. The van der Waals surface area contributed by atoms with Crippen LogP contribution in [-0.2, 0) is 4.74 Å². The summed E-state index contributed by atoms with van der Waals surface area (Å²) in [5.74, 6) is 0.305. The summed E-state index contributed by atoms with van der Waals surface area (Å²) in [7, 11) is 0. The van der Waals surface area contributed by atoms with Gasteiger partial charge in [0, 0.05) is 25.6 Å². The van der Waals surface area contributed by atoms with Crippen LogP contribution in [-0.4, -0.2) is 36.7 Å². The van der Waals surface area contributed by atoms with Crippen LogP contribution in [0.25, 0.3) is 0 Å². The molecular weight excluding hydrogens is 254 g/mol. The van der Waals surface area contributed by atoms with Crippen LogP contribution in [0.2, 0.25) is 0 Å². The fraction of sp³-hybridized carbons (Fsp3) is 0.600. The number of ether oxygens (including phenoxy) is 1. The smallest absolute Gasteiger partial charge is 0.269 e. The van der Waals surface area contributed by atoms with Crippen LogP contribution >= 0.6 is 0 Å². The molecule has 1 aliphatic heterocycles. The minimum absolute atomic E-state index is 0.116. The number of rotatable bonds is 6. The SMILES string of the molecule is CCNc1ccc(C(=O)NCC2CCOC2CC)nc1. The van der Waals surface area contributed by atoms with Gasteiger partial charge in [-0.2, -0.15) is 0 Å². The molecule has 5 nitrogen and oxygen atoms in total. The highest BCUT2D eigenvalue weighted by atomic mass is 16.5. The van der Waals surface area contributed by atoms with Crippen LogP contribution in [0.1, 0.15) is 37.2 Å². The Bertz CT molecular complexity index is 433. The second kappa shape index (κ2) is 7.24. The predicted octanol–water partition coefficient (Wildman–Crippen LogP) is 2.06. The zero-order chi connectivity index (χ0) is 14.4. The second-order valence-corrected chi connectivity index (χ2v) is 5.04. The van der Waals surface area contributed by atoms with Crippen molar-refractivity contribution in [3.8, 4) is 0 Å². The van der Waals surface area contributed by atoms with E-state index < -0.39 is 0 Å². The number of carbonyl (C=O) groups excluding carboxylic acids is 1. The highest BCUT2D eigenvalue weighted by Gasteiger charge is 2.26. The summed E-state index contributed by atoms with van der Waals surface area (Å²) in [6.07, 6.45) is 3.98. The van der Waals surface area contributed by atoms with E-state index in [1.165, 1.54) is 0 Å². The Morgan fingerprint density at radius 1 is 1.45 bits per heavy atom. The van der Waals surface area contributed by atoms with E-state index in [1.54, 1.807) is 12.3 Å². The molecule has 5 heteroatoms. The van der Waals surface area contributed by atoms with Gasteiger partial charge in [0.05, 0.1) is 18.0 Å². The van der Waals surface area contributed by atoms with Crippen molar-refractivity contribution in [3.05, 3.63) is 24.0 Å². The summed E-state index contributed by atoms with van der Waals surface area (Å²) in [6.45, 7) is 6.44. The van der Waals surface area contributed by atoms with Gasteiger partial charge in [0.15, 0.2) is 0 Å². The van der Waals surface area contributed by atoms with Gasteiger partial charge in [-0.3, -0.25) is 4.79 Å². The third kappa shape index (κ3) is 3.70. The highest BCUT2D eigenvalue weighted by Crippen LogP contribution is 2.22. The Morgan fingerprint density at radius 3 is 2.95 bits per heavy atom. The molecular formula is C15H23N3O2. The molecule has 1 aromatic heterocycles. The van der Waals surface area contributed by atoms with Crippen molar-refractivity contribution in [1.82, 2.24) is 10.3 Å². The fourth-order valence-corrected chi connectivity index (χ4v) is 2.53. The van der Waals surface area contributed by atoms with E-state index in [1.807, 2.05) is 13.0 Å². The molecule has 0 aliphatic carbocycles. The third-order valence-corrected chi connectivity index (χ3v) is 3.65. The number of nitrogens with one attached hydrogen (secondary N) is 2. The molecule has 1 amide bonds. The first-order chi connectivity index (χ1) is 9.74. The van der Waals surface area contributed by atoms with Crippen LogP contribution in [0.15, 0.2) is 18.3 Å². The second-order valence-electron chi connectivity index (χ2n) is 5.04. The molecule has 0 bridgehead atoms. The number of carbonyl (C=O) groups is 1. The fourth-order valence-electron chi connectivity index (χ4n) is 2.53. The normalized spacial score (nSPS) is 21.7. The summed E-state index contributed by atoms with van der Waals surface area (Å²) in [6, 6.07) is 3.62. The van der Waals surface area contributed by atoms with Gasteiger partial charge in [0.25, 0.3) is 5.91 Å². The highest BCUT2D eigenvalue weighted by molar-refractivity contribution is 5.92. The van der Waals surface area contributed by atoms with Crippen LogP contribution in [0.5, 0.6) is 0 Å². The first-order valence-electron chi connectivity index (χ1n) is 7.34. The van der Waals surface area contributed by atoms with Crippen molar-refractivity contribution in [2.45, 2.75) is 32.8 Å². The van der Waals surface area contributed by atoms with Crippen LogP contribution < -0.4 is 10.6 Å². The lowest BCUT2D eigenvalue weighted by Crippen LogP contribution is -2.33. The summed E-state index contributed by atoms with van der Waals surface area (Å²) in [5.41, 5.74) is 1.39. The molecule has 2 unspecified atom stereocenters. The topological polar surface area (TPSA) is 63.2 Å². The molecule has 2 atom stereocenters. The van der Waals surface area contributed by atoms with Crippen molar-refractivity contribution < 1.29 is 9.53 Å². The van der Waals surface area contributed by atoms with Crippen LogP contribution in [0, 0.1) is 5.92 Å². The van der Waals surface area contributed by atoms with E-state index in [0.29, 0.717) is 18.2 Å². The molecule has 1 aromatic rings. The van der Waals surface area contributed by atoms with Crippen molar-refractivity contribution in [1.29, 1.82) is 0 Å². The van der Waals surface area contributed by atoms with Gasteiger partial charge in [-0.25, -0.2) is 4.98 Å². The number of hydrogen-bond acceptors (Lipinski definition) is 4. The molecule has 0 aromatic carbocycles. The van der Waals surface area contributed by atoms with Gasteiger partial charge in [0.1, 0.15) is 5.69 Å². The molecule has 20 heavy (non-hydrogen) atoms. The van der Waals surface area contributed by atoms with Crippen molar-refractivity contribution >= 4 is 11.6 Å². The van der Waals surface area contributed by atoms with Crippen molar-refractivity contribution in [2.75, 3.05) is 25.0 Å². The quantitative estimate of drug-likeness (QED) is 0.835. The minimum Gasteiger partial charge on any atom is -0.384 e. The number of pyridine rings is 1. The zero-order valence-electron chi connectivity index (χ0n) is 12.2. The number of hydrogen-bond donors (Lipinski definition) is 2. The largest absolute Gasteiger partial charge is 0.384 e. The average Bonchev–Trinajstić information content (AvgIpc) is 2.93. The monoisotopic (exact) mass is 277 g/mol. The van der Waals surface area contributed by atoms with E-state index in [2.05, 4.69) is 22.5 Å². The third-order valence-electron chi connectivity index (χ3n) is 3.65. The van der Waals surface area contributed by atoms with Crippen molar-refractivity contribution in [2.24, 2.45) is 5.92 Å². The lowest BCUT2D eigenvalue weighted by molar-refractivity contribution is 0.0825. The average molecular weight is 277 g/mol. The molecule has 2 heterocycles. The zero-order valence-corrected chi connectivity index (χ0v) is 12.2. The van der Waals surface area contributed by atoms with Gasteiger partial charge in [-0.15, -0.1) is 0 Å². The summed E-state index contributed by atoms with van der Waals surface area (Å²) < 4.78 is 5.62. The van der Waals surface area contributed by atoms with Gasteiger partial charge in [-0.05, 0) is 31.9 Å². The van der Waals surface area contributed by atoms with Crippen molar-refractivity contribution in [3.63, 3.8) is 0 Å². The Labute approximate surface area is 120 Å². The van der Waals surface area contributed by atoms with Crippen LogP contribution in [0.3, 0.4) is 0 Å². The van der Waals surface area contributed by atoms with E-state index in [9.17, 15) is 4.79 Å². The number of nitrogens with zero attached hydrogens (tertiary/aromatic N) is 1. The molecule has 1 saturated heterocycles. The molecule has 1 aliphatic rings. The maximum atomic E-state index is 12.0. The first kappa shape index (κ1) is 14.8. The van der Waals surface area contributed by atoms with E-state index in [-0.39, 0.29) is 12.0 Å². The Kier molecular flexibility index (Phi) is 5.35. The first-order valence-corrected chi connectivity index (χ1v) is 7.34. The maximum absolute atomic E-state index is 12.0. The maximum Gasteiger partial charge on any atom is 0.269 e. The molecule has 2 N–H and O–H groups in total. The van der Waals surface area contributed by atoms with Gasteiger partial charge in [0.2, 0.25) is 0 Å². The molecule has 110 valence electrons. The summed E-state index contributed by atoms with van der Waals surface area (Å²) in [4.78, 5) is 16.2. The predicted molar refractivity (Wildman–Crippen MR) is 78.9 cm³/mol. The Balaban J connectivity index is 1.85. The number of anilines is 1. The number of amides is 1. The molecule has 0 radical (unpaired) electrons. The molecule has 0 spiro atoms. The lowest BCUT2D eigenvalue weighted by atomic mass is 10.00. The Morgan fingerprint density at radius 2 is 2.30 bits per heavy atom. The summed E-state index contributed by atoms with van der Waals surface area (Å²) in [5, 5.41) is 6.11. The van der Waals surface area contributed by atoms with Gasteiger partial charge < -0.3 is 15.4 Å². The van der Waals surface area contributed by atoms with Gasteiger partial charge in [-0.1, -0.05) is 6.92 Å². The van der Waals surface area contributed by atoms with E-state index in [0.717, 1.165) is 31.7 Å². The number of aromatic nitrogens is 1. The summed E-state index contributed by atoms with van der Waals surface area (Å²) >= 11 is 0. The molecule has 0 saturated carbocycles. The van der Waals surface area contributed by atoms with E-state index in [4.69, 9.17) is 4.74 Å². The molecule has 1 fully saturated rings. The van der Waals surface area contributed by atoms with E-state index >= 15 is 0 Å². The van der Waals surface area contributed by atoms with Gasteiger partial charge >= 0.3 is 0 Å². The standard InChI is InChI=1S/C15H23N3O2/c1-3-14-11(7-8-20-14)9-18-15(19)13-6-5-12(10-17-13)16-4-2/h5-6,10-11,14,16H,3-4,7-9H2,1-2H3,(H,18,19). The molecule has 2 rings (SSSR count). The van der Waals surface area contributed by atoms with Crippen LogP contribution in [0.4, 0.5) is 5.69 Å². The minimum atomic E-state index is -0.116. The Hall–Kier alpha value is -1.62.